The molecule has 0 spiro atoms. The fourth-order valence-electron chi connectivity index (χ4n) is 6.94. The Balaban J connectivity index is 1.47. The number of aromatic nitrogens is 1. The zero-order valence-corrected chi connectivity index (χ0v) is 29.4. The predicted octanol–water partition coefficient (Wildman–Crippen LogP) is 6.13. The molecule has 1 saturated carbocycles. The number of anilines is 1. The van der Waals surface area contributed by atoms with E-state index in [-0.39, 0.29) is 22.5 Å². The minimum atomic E-state index is -1.19. The number of benzene rings is 2. The summed E-state index contributed by atoms with van der Waals surface area (Å²) in [7, 11) is 2.51. The van der Waals surface area contributed by atoms with Gasteiger partial charge in [0.1, 0.15) is 17.0 Å². The number of methoxy groups -OCH3 is 2. The summed E-state index contributed by atoms with van der Waals surface area (Å²) in [5, 5.41) is 7.96. The summed E-state index contributed by atoms with van der Waals surface area (Å²) in [6, 6.07) is 12.5. The number of ether oxygens (including phenoxy) is 3. The van der Waals surface area contributed by atoms with Crippen molar-refractivity contribution in [2.75, 3.05) is 26.1 Å². The van der Waals surface area contributed by atoms with Crippen molar-refractivity contribution in [1.29, 1.82) is 0 Å². The number of carbonyl (C=O) groups is 4. The van der Waals surface area contributed by atoms with Crippen molar-refractivity contribution in [2.45, 2.75) is 64.5 Å². The first-order chi connectivity index (χ1) is 24.1. The van der Waals surface area contributed by atoms with Crippen LogP contribution in [0.1, 0.15) is 85.7 Å². The molecule has 2 aromatic carbocycles. The van der Waals surface area contributed by atoms with Gasteiger partial charge in [0.05, 0.1) is 20.8 Å². The second-order valence-electron chi connectivity index (χ2n) is 12.7. The molecule has 1 aliphatic heterocycles. The number of nitrogens with two attached hydrogens (primary N) is 1. The summed E-state index contributed by atoms with van der Waals surface area (Å²) in [5.41, 5.74) is 10.5. The molecule has 2 aromatic heterocycles. The van der Waals surface area contributed by atoms with Crippen LogP contribution in [-0.4, -0.2) is 55.1 Å². The molecule has 12 heteroatoms. The molecule has 4 N–H and O–H groups in total. The number of carbonyl (C=O) groups excluding carboxylic acids is 4. The smallest absolute Gasteiger partial charge is 0.357 e. The first-order valence-electron chi connectivity index (χ1n) is 16.6. The second-order valence-corrected chi connectivity index (χ2v) is 13.6. The van der Waals surface area contributed by atoms with Crippen LogP contribution in [0.15, 0.2) is 47.8 Å². The third-order valence-electron chi connectivity index (χ3n) is 9.48. The molecular formula is C38H40N4O7S. The molecule has 1 fully saturated rings. The number of fused-ring (bicyclic) bond motifs is 3. The molecule has 2 aliphatic rings. The Morgan fingerprint density at radius 2 is 1.66 bits per heavy atom. The fourth-order valence-corrected chi connectivity index (χ4v) is 7.92. The quantitative estimate of drug-likeness (QED) is 0.184. The number of pyridine rings is 1. The van der Waals surface area contributed by atoms with Crippen molar-refractivity contribution in [3.05, 3.63) is 87.0 Å². The molecule has 11 nitrogen and oxygen atoms in total. The molecule has 1 aliphatic carbocycles. The first-order valence-corrected chi connectivity index (χ1v) is 17.5. The van der Waals surface area contributed by atoms with Gasteiger partial charge in [-0.3, -0.25) is 9.59 Å². The summed E-state index contributed by atoms with van der Waals surface area (Å²) in [6.45, 7) is 4.62. The van der Waals surface area contributed by atoms with Crippen LogP contribution in [0.25, 0.3) is 21.6 Å². The van der Waals surface area contributed by atoms with Crippen LogP contribution in [-0.2, 0) is 27.2 Å². The van der Waals surface area contributed by atoms with Crippen molar-refractivity contribution >= 4 is 40.8 Å². The zero-order chi connectivity index (χ0) is 35.6. The Labute approximate surface area is 294 Å². The number of hydrogen-bond acceptors (Lipinski definition) is 10. The van der Waals surface area contributed by atoms with E-state index in [0.717, 1.165) is 52.0 Å². The Kier molecular flexibility index (Phi) is 10.0. The number of nitrogens with one attached hydrogen (secondary N) is 2. The van der Waals surface area contributed by atoms with Gasteiger partial charge in [-0.1, -0.05) is 31.4 Å². The van der Waals surface area contributed by atoms with E-state index in [1.165, 1.54) is 20.3 Å². The van der Waals surface area contributed by atoms with Gasteiger partial charge >= 0.3 is 11.9 Å². The van der Waals surface area contributed by atoms with E-state index in [9.17, 15) is 19.2 Å². The van der Waals surface area contributed by atoms with Gasteiger partial charge in [0.15, 0.2) is 5.69 Å². The van der Waals surface area contributed by atoms with Crippen LogP contribution in [0.3, 0.4) is 0 Å². The lowest BCUT2D eigenvalue weighted by molar-refractivity contribution is -0.149. The highest BCUT2D eigenvalue weighted by Gasteiger charge is 2.42. The van der Waals surface area contributed by atoms with Crippen molar-refractivity contribution in [2.24, 2.45) is 5.73 Å². The Hall–Kier alpha value is -5.07. The maximum absolute atomic E-state index is 14.3. The van der Waals surface area contributed by atoms with E-state index in [0.29, 0.717) is 49.4 Å². The summed E-state index contributed by atoms with van der Waals surface area (Å²) in [5.74, 6) is -1.82. The Morgan fingerprint density at radius 1 is 0.920 bits per heavy atom. The number of esters is 2. The lowest BCUT2D eigenvalue weighted by Gasteiger charge is -2.35. The summed E-state index contributed by atoms with van der Waals surface area (Å²) in [6.07, 6.45) is 4.01. The molecule has 3 heterocycles. The second kappa shape index (κ2) is 14.4. The Morgan fingerprint density at radius 3 is 2.34 bits per heavy atom. The van der Waals surface area contributed by atoms with E-state index < -0.39 is 29.3 Å². The first kappa shape index (κ1) is 34.8. The lowest BCUT2D eigenvalue weighted by atomic mass is 9.81. The minimum absolute atomic E-state index is 0.0884. The molecule has 50 heavy (non-hydrogen) atoms. The number of thiophene rings is 1. The van der Waals surface area contributed by atoms with Gasteiger partial charge in [0.25, 0.3) is 11.8 Å². The third-order valence-corrected chi connectivity index (χ3v) is 10.5. The molecular weight excluding hydrogens is 657 g/mol. The summed E-state index contributed by atoms with van der Waals surface area (Å²) < 4.78 is 16.4. The molecule has 0 radical (unpaired) electrons. The molecule has 0 saturated heterocycles. The van der Waals surface area contributed by atoms with E-state index >= 15 is 0 Å². The van der Waals surface area contributed by atoms with Crippen molar-refractivity contribution < 1.29 is 33.4 Å². The largest absolute Gasteiger partial charge is 0.493 e. The minimum Gasteiger partial charge on any atom is -0.493 e. The number of amides is 2. The van der Waals surface area contributed by atoms with Crippen LogP contribution in [0, 0.1) is 13.8 Å². The van der Waals surface area contributed by atoms with Crippen LogP contribution in [0.4, 0.5) is 5.69 Å². The van der Waals surface area contributed by atoms with E-state index in [1.54, 1.807) is 29.5 Å². The monoisotopic (exact) mass is 696 g/mol. The normalized spacial score (nSPS) is 14.7. The standard InChI is InChI=1S/C38H40N4O7S/c1-21-16-23(20-39)17-22(2)31(21)41-34(43)27-18-28-30(49-14-10-24-11-15-50-33(24)28)19-26(27)25-8-9-29(40-32(25)36(45)47-3)35(44)42-38(37(46)48-4)12-6-5-7-13-38/h8-9,11,15-19H,5-7,10,12-14,20,39H2,1-4H3,(H,41,43)(H,42,44). The molecule has 2 amide bonds. The van der Waals surface area contributed by atoms with Crippen LogP contribution in [0.5, 0.6) is 5.75 Å². The molecule has 0 unspecified atom stereocenters. The van der Waals surface area contributed by atoms with Gasteiger partial charge in [-0.05, 0) is 84.7 Å². The average Bonchev–Trinajstić information content (AvgIpc) is 3.53. The van der Waals surface area contributed by atoms with Crippen LogP contribution >= 0.6 is 11.3 Å². The number of aryl methyl sites for hydroxylation is 2. The number of rotatable bonds is 8. The summed E-state index contributed by atoms with van der Waals surface area (Å²) >= 11 is 1.56. The highest BCUT2D eigenvalue weighted by molar-refractivity contribution is 7.13. The maximum Gasteiger partial charge on any atom is 0.357 e. The predicted molar refractivity (Wildman–Crippen MR) is 191 cm³/mol. The van der Waals surface area contributed by atoms with E-state index in [2.05, 4.69) is 21.7 Å². The van der Waals surface area contributed by atoms with E-state index in [1.807, 2.05) is 31.4 Å². The summed E-state index contributed by atoms with van der Waals surface area (Å²) in [4.78, 5) is 59.6. The SMILES string of the molecule is COC(=O)c1nc(C(=O)NC2(C(=O)OC)CCCCC2)ccc1-c1cc2c(cc1C(=O)Nc1c(C)cc(CN)cc1C)-c1sccc1CCO2. The lowest BCUT2D eigenvalue weighted by Crippen LogP contribution is -2.56. The highest BCUT2D eigenvalue weighted by Crippen LogP contribution is 2.43. The number of hydrogen-bond donors (Lipinski definition) is 3. The Bertz CT molecular complexity index is 1970. The fraction of sp³-hybridized carbons (Fsp3) is 0.342. The number of nitrogens with zero attached hydrogens (tertiary/aromatic N) is 1. The molecule has 260 valence electrons. The zero-order valence-electron chi connectivity index (χ0n) is 28.6. The van der Waals surface area contributed by atoms with Gasteiger partial charge in [-0.25, -0.2) is 14.6 Å². The topological polar surface area (TPSA) is 159 Å². The molecule has 0 atom stereocenters. The van der Waals surface area contributed by atoms with Crippen molar-refractivity contribution in [1.82, 2.24) is 10.3 Å². The average molecular weight is 697 g/mol. The van der Waals surface area contributed by atoms with Crippen molar-refractivity contribution in [3.8, 4) is 27.3 Å². The molecule has 4 aromatic rings. The molecule has 6 rings (SSSR count). The van der Waals surface area contributed by atoms with Gasteiger partial charge in [0.2, 0.25) is 0 Å². The molecule has 0 bridgehead atoms. The van der Waals surface area contributed by atoms with Gasteiger partial charge in [-0.15, -0.1) is 11.3 Å². The van der Waals surface area contributed by atoms with E-state index in [4.69, 9.17) is 19.9 Å². The highest BCUT2D eigenvalue weighted by atomic mass is 32.1. The van der Waals surface area contributed by atoms with Gasteiger partial charge in [-0.2, -0.15) is 0 Å². The third kappa shape index (κ3) is 6.60. The van der Waals surface area contributed by atoms with Crippen molar-refractivity contribution in [3.63, 3.8) is 0 Å². The maximum atomic E-state index is 14.3. The van der Waals surface area contributed by atoms with Gasteiger partial charge < -0.3 is 30.6 Å². The van der Waals surface area contributed by atoms with Gasteiger partial charge in [0, 0.05) is 45.8 Å². The van der Waals surface area contributed by atoms with Crippen LogP contribution in [0.2, 0.25) is 0 Å². The van der Waals surface area contributed by atoms with Crippen LogP contribution < -0.4 is 21.1 Å².